The van der Waals surface area contributed by atoms with Gasteiger partial charge in [-0.2, -0.15) is 0 Å². The second-order valence-corrected chi connectivity index (χ2v) is 10.1. The number of nitrogens with one attached hydrogen (secondary N) is 1. The molecule has 1 saturated carbocycles. The summed E-state index contributed by atoms with van der Waals surface area (Å²) in [6.45, 7) is 8.84. The Bertz CT molecular complexity index is 1070. The number of aryl methyl sites for hydroxylation is 2. The lowest BCUT2D eigenvalue weighted by Gasteiger charge is -2.37. The Morgan fingerprint density at radius 3 is 2.33 bits per heavy atom. The average Bonchev–Trinajstić information content (AvgIpc) is 3.53. The molecule has 0 unspecified atom stereocenters. The summed E-state index contributed by atoms with van der Waals surface area (Å²) in [5.41, 5.74) is 5.02. The predicted octanol–water partition coefficient (Wildman–Crippen LogP) is 3.01. The normalized spacial score (nSPS) is 17.3. The molecule has 30 heavy (non-hydrogen) atoms. The molecule has 4 rings (SSSR count). The topological polar surface area (TPSA) is 69.7 Å². The maximum absolute atomic E-state index is 13.2. The van der Waals surface area contributed by atoms with Gasteiger partial charge in [-0.05, 0) is 68.5 Å². The molecule has 2 aliphatic rings. The molecular formula is C23H29N3O3S. The lowest BCUT2D eigenvalue weighted by molar-refractivity contribution is 0.0746. The molecule has 0 spiro atoms. The molecule has 0 atom stereocenters. The van der Waals surface area contributed by atoms with E-state index in [1.165, 1.54) is 22.9 Å². The highest BCUT2D eigenvalue weighted by Gasteiger charge is 2.29. The smallest absolute Gasteiger partial charge is 0.254 e. The van der Waals surface area contributed by atoms with Gasteiger partial charge in [-0.1, -0.05) is 18.2 Å². The number of amides is 1. The van der Waals surface area contributed by atoms with Crippen molar-refractivity contribution in [3.05, 3.63) is 58.7 Å². The molecule has 7 heteroatoms. The molecule has 160 valence electrons. The first-order chi connectivity index (χ1) is 14.3. The Balaban J connectivity index is 1.49. The Kier molecular flexibility index (Phi) is 5.59. The van der Waals surface area contributed by atoms with E-state index in [1.54, 1.807) is 12.1 Å². The van der Waals surface area contributed by atoms with E-state index < -0.39 is 10.0 Å². The molecule has 0 radical (unpaired) electrons. The third-order valence-corrected chi connectivity index (χ3v) is 7.65. The number of anilines is 1. The molecule has 2 aromatic carbocycles. The van der Waals surface area contributed by atoms with Crippen LogP contribution < -0.4 is 9.62 Å². The minimum absolute atomic E-state index is 0.0358. The fraction of sp³-hybridized carbons (Fsp3) is 0.435. The number of sulfonamides is 1. The van der Waals surface area contributed by atoms with Crippen LogP contribution in [0.1, 0.15) is 39.9 Å². The highest BCUT2D eigenvalue weighted by molar-refractivity contribution is 7.89. The Hall–Kier alpha value is -2.38. The molecule has 1 amide bonds. The Morgan fingerprint density at radius 1 is 0.967 bits per heavy atom. The quantitative estimate of drug-likeness (QED) is 0.796. The van der Waals surface area contributed by atoms with Crippen LogP contribution in [0.25, 0.3) is 0 Å². The van der Waals surface area contributed by atoms with Crippen LogP contribution in [0.3, 0.4) is 0 Å². The van der Waals surface area contributed by atoms with Gasteiger partial charge in [0.2, 0.25) is 10.0 Å². The molecule has 1 heterocycles. The SMILES string of the molecule is Cc1ccc(S(=O)(=O)NC2CC2)cc1C(=O)N1CCN(c2cccc(C)c2C)CC1. The van der Waals surface area contributed by atoms with Crippen molar-refractivity contribution in [2.75, 3.05) is 31.1 Å². The number of benzene rings is 2. The van der Waals surface area contributed by atoms with Crippen molar-refractivity contribution < 1.29 is 13.2 Å². The van der Waals surface area contributed by atoms with Gasteiger partial charge in [0.25, 0.3) is 5.91 Å². The van der Waals surface area contributed by atoms with Crippen molar-refractivity contribution in [3.63, 3.8) is 0 Å². The largest absolute Gasteiger partial charge is 0.368 e. The molecule has 0 bridgehead atoms. The number of hydrogen-bond acceptors (Lipinski definition) is 4. The zero-order valence-electron chi connectivity index (χ0n) is 17.8. The number of carbonyl (C=O) groups excluding carboxylic acids is 1. The first kappa shape index (κ1) is 20.9. The molecule has 2 aromatic rings. The Labute approximate surface area is 178 Å². The minimum Gasteiger partial charge on any atom is -0.368 e. The van der Waals surface area contributed by atoms with Gasteiger partial charge < -0.3 is 9.80 Å². The summed E-state index contributed by atoms with van der Waals surface area (Å²) in [6.07, 6.45) is 1.75. The van der Waals surface area contributed by atoms with Crippen molar-refractivity contribution in [2.45, 2.75) is 44.6 Å². The number of carbonyl (C=O) groups is 1. The Morgan fingerprint density at radius 2 is 1.67 bits per heavy atom. The van der Waals surface area contributed by atoms with Crippen LogP contribution in [0.5, 0.6) is 0 Å². The second kappa shape index (κ2) is 8.04. The number of nitrogens with zero attached hydrogens (tertiary/aromatic N) is 2. The fourth-order valence-electron chi connectivity index (χ4n) is 3.89. The van der Waals surface area contributed by atoms with Gasteiger partial charge in [0.05, 0.1) is 4.90 Å². The molecule has 1 saturated heterocycles. The standard InChI is InChI=1S/C23H29N3O3S/c1-16-5-4-6-22(18(16)3)25-11-13-26(14-12-25)23(27)21-15-20(10-7-17(21)2)30(28,29)24-19-8-9-19/h4-7,10,15,19,24H,8-9,11-14H2,1-3H3. The maximum atomic E-state index is 13.2. The van der Waals surface area contributed by atoms with Crippen LogP contribution >= 0.6 is 0 Å². The highest BCUT2D eigenvalue weighted by Crippen LogP contribution is 2.26. The van der Waals surface area contributed by atoms with Crippen molar-refractivity contribution in [1.29, 1.82) is 0 Å². The highest BCUT2D eigenvalue weighted by atomic mass is 32.2. The summed E-state index contributed by atoms with van der Waals surface area (Å²) in [5, 5.41) is 0. The molecular weight excluding hydrogens is 398 g/mol. The minimum atomic E-state index is -3.58. The van der Waals surface area contributed by atoms with Crippen molar-refractivity contribution in [3.8, 4) is 0 Å². The van der Waals surface area contributed by atoms with E-state index in [2.05, 4.69) is 41.7 Å². The third kappa shape index (κ3) is 4.23. The van der Waals surface area contributed by atoms with Gasteiger partial charge in [-0.3, -0.25) is 4.79 Å². The maximum Gasteiger partial charge on any atom is 0.254 e. The van der Waals surface area contributed by atoms with E-state index in [0.717, 1.165) is 31.5 Å². The summed E-state index contributed by atoms with van der Waals surface area (Å²) in [5.74, 6) is -0.100. The summed E-state index contributed by atoms with van der Waals surface area (Å²) >= 11 is 0. The number of piperazine rings is 1. The van der Waals surface area contributed by atoms with E-state index in [1.807, 2.05) is 11.8 Å². The van der Waals surface area contributed by atoms with Gasteiger partial charge in [0, 0.05) is 43.5 Å². The summed E-state index contributed by atoms with van der Waals surface area (Å²) in [7, 11) is -3.58. The van der Waals surface area contributed by atoms with Crippen molar-refractivity contribution in [1.82, 2.24) is 9.62 Å². The molecule has 1 N–H and O–H groups in total. The lowest BCUT2D eigenvalue weighted by atomic mass is 10.1. The van der Waals surface area contributed by atoms with Crippen LogP contribution in [-0.4, -0.2) is 51.4 Å². The first-order valence-corrected chi connectivity index (χ1v) is 12.0. The first-order valence-electron chi connectivity index (χ1n) is 10.5. The van der Waals surface area contributed by atoms with Crippen molar-refractivity contribution >= 4 is 21.6 Å². The summed E-state index contributed by atoms with van der Waals surface area (Å²) < 4.78 is 27.8. The van der Waals surface area contributed by atoms with Crippen LogP contribution in [0.2, 0.25) is 0 Å². The lowest BCUT2D eigenvalue weighted by Crippen LogP contribution is -2.49. The van der Waals surface area contributed by atoms with Crippen molar-refractivity contribution in [2.24, 2.45) is 0 Å². The molecule has 1 aliphatic carbocycles. The second-order valence-electron chi connectivity index (χ2n) is 8.37. The van der Waals surface area contributed by atoms with Crippen LogP contribution in [0.4, 0.5) is 5.69 Å². The third-order valence-electron chi connectivity index (χ3n) is 6.13. The van der Waals surface area contributed by atoms with Crippen LogP contribution in [-0.2, 0) is 10.0 Å². The molecule has 0 aromatic heterocycles. The monoisotopic (exact) mass is 427 g/mol. The molecule has 1 aliphatic heterocycles. The van der Waals surface area contributed by atoms with E-state index in [0.29, 0.717) is 18.7 Å². The van der Waals surface area contributed by atoms with Gasteiger partial charge >= 0.3 is 0 Å². The van der Waals surface area contributed by atoms with Crippen LogP contribution in [0.15, 0.2) is 41.3 Å². The fourth-order valence-corrected chi connectivity index (χ4v) is 5.22. The van der Waals surface area contributed by atoms with Gasteiger partial charge in [0.1, 0.15) is 0 Å². The van der Waals surface area contributed by atoms with E-state index in [4.69, 9.17) is 0 Å². The van der Waals surface area contributed by atoms with E-state index in [9.17, 15) is 13.2 Å². The molecule has 6 nitrogen and oxygen atoms in total. The molecule has 2 fully saturated rings. The van der Waals surface area contributed by atoms with Crippen LogP contribution in [0, 0.1) is 20.8 Å². The van der Waals surface area contributed by atoms with Gasteiger partial charge in [0.15, 0.2) is 0 Å². The predicted molar refractivity (Wildman–Crippen MR) is 119 cm³/mol. The summed E-state index contributed by atoms with van der Waals surface area (Å²) in [4.78, 5) is 17.5. The number of rotatable bonds is 5. The zero-order chi connectivity index (χ0) is 21.5. The average molecular weight is 428 g/mol. The summed E-state index contributed by atoms with van der Waals surface area (Å²) in [6, 6.07) is 11.2. The van der Waals surface area contributed by atoms with E-state index >= 15 is 0 Å². The number of hydrogen-bond donors (Lipinski definition) is 1. The van der Waals surface area contributed by atoms with Gasteiger partial charge in [-0.25, -0.2) is 13.1 Å². The zero-order valence-corrected chi connectivity index (χ0v) is 18.6. The van der Waals surface area contributed by atoms with E-state index in [-0.39, 0.29) is 16.8 Å². The van der Waals surface area contributed by atoms with Gasteiger partial charge in [-0.15, -0.1) is 0 Å².